The van der Waals surface area contributed by atoms with Gasteiger partial charge in [-0.05, 0) is 26.0 Å². The highest BCUT2D eigenvalue weighted by atomic mass is 35.5. The molecule has 0 heterocycles. The molecule has 0 saturated heterocycles. The summed E-state index contributed by atoms with van der Waals surface area (Å²) < 4.78 is 31.6. The Hall–Kier alpha value is -2.00. The molecule has 3 N–H and O–H groups in total. The van der Waals surface area contributed by atoms with Crippen LogP contribution in [0.3, 0.4) is 0 Å². The van der Waals surface area contributed by atoms with Gasteiger partial charge in [-0.15, -0.1) is 0 Å². The van der Waals surface area contributed by atoms with Gasteiger partial charge < -0.3 is 9.84 Å². The van der Waals surface area contributed by atoms with Crippen LogP contribution in [0, 0.1) is 0 Å². The van der Waals surface area contributed by atoms with E-state index in [1.807, 2.05) is 4.72 Å². The number of halogens is 1. The second-order valence-electron chi connectivity index (χ2n) is 4.13. The SMILES string of the molecule is CC(C)OC(=O)NS(=O)(=O)Nc1c(Cl)cccc1C(=O)O. The van der Waals surface area contributed by atoms with Gasteiger partial charge in [-0.3, -0.25) is 4.72 Å². The summed E-state index contributed by atoms with van der Waals surface area (Å²) in [5, 5.41) is 8.85. The van der Waals surface area contributed by atoms with Crippen molar-refractivity contribution in [2.24, 2.45) is 0 Å². The van der Waals surface area contributed by atoms with E-state index >= 15 is 0 Å². The minimum atomic E-state index is -4.38. The van der Waals surface area contributed by atoms with Crippen LogP contribution in [0.4, 0.5) is 10.5 Å². The van der Waals surface area contributed by atoms with Crippen LogP contribution in [-0.2, 0) is 14.9 Å². The molecule has 1 aromatic carbocycles. The number of carbonyl (C=O) groups is 2. The predicted molar refractivity (Wildman–Crippen MR) is 75.7 cm³/mol. The standard InChI is InChI=1S/C11H13ClN2O6S/c1-6(2)20-11(17)14-21(18,19)13-9-7(10(15)16)4-3-5-8(9)12/h3-6,13H,1-2H3,(H,14,17)(H,15,16). The Kier molecular flexibility index (Phi) is 5.39. The maximum absolute atomic E-state index is 11.7. The highest BCUT2D eigenvalue weighted by molar-refractivity contribution is 7.91. The van der Waals surface area contributed by atoms with Crippen LogP contribution in [-0.4, -0.2) is 31.7 Å². The first kappa shape index (κ1) is 17.1. The van der Waals surface area contributed by atoms with Gasteiger partial charge in [0.05, 0.1) is 22.4 Å². The lowest BCUT2D eigenvalue weighted by atomic mass is 10.2. The number of carbonyl (C=O) groups excluding carboxylic acids is 1. The van der Waals surface area contributed by atoms with Crippen molar-refractivity contribution in [3.05, 3.63) is 28.8 Å². The van der Waals surface area contributed by atoms with Crippen molar-refractivity contribution in [1.82, 2.24) is 4.72 Å². The van der Waals surface area contributed by atoms with E-state index in [4.69, 9.17) is 16.7 Å². The molecule has 0 aliphatic rings. The third-order valence-electron chi connectivity index (χ3n) is 2.04. The summed E-state index contributed by atoms with van der Waals surface area (Å²) in [4.78, 5) is 22.3. The molecule has 0 aliphatic carbocycles. The zero-order valence-electron chi connectivity index (χ0n) is 11.1. The van der Waals surface area contributed by atoms with Crippen molar-refractivity contribution in [3.8, 4) is 0 Å². The molecule has 116 valence electrons. The van der Waals surface area contributed by atoms with Crippen molar-refractivity contribution in [1.29, 1.82) is 0 Å². The van der Waals surface area contributed by atoms with Crippen molar-refractivity contribution in [3.63, 3.8) is 0 Å². The number of anilines is 1. The third-order valence-corrected chi connectivity index (χ3v) is 3.26. The highest BCUT2D eigenvalue weighted by Gasteiger charge is 2.21. The Balaban J connectivity index is 3.00. The van der Waals surface area contributed by atoms with Gasteiger partial charge in [0.15, 0.2) is 0 Å². The molecular weight excluding hydrogens is 324 g/mol. The number of aromatic carboxylic acids is 1. The zero-order chi connectivity index (χ0) is 16.2. The number of amides is 1. The molecule has 0 aromatic heterocycles. The number of ether oxygens (including phenoxy) is 1. The number of para-hydroxylation sites is 1. The molecule has 0 atom stereocenters. The first-order valence-electron chi connectivity index (χ1n) is 5.65. The summed E-state index contributed by atoms with van der Waals surface area (Å²) in [6.45, 7) is 3.08. The van der Waals surface area contributed by atoms with Crippen LogP contribution in [0.15, 0.2) is 18.2 Å². The van der Waals surface area contributed by atoms with E-state index in [9.17, 15) is 18.0 Å². The van der Waals surface area contributed by atoms with E-state index in [1.54, 1.807) is 4.72 Å². The Morgan fingerprint density at radius 1 is 1.33 bits per heavy atom. The van der Waals surface area contributed by atoms with E-state index in [0.29, 0.717) is 0 Å². The second kappa shape index (κ2) is 6.64. The number of carboxylic acids is 1. The fraction of sp³-hybridized carbons (Fsp3) is 0.273. The monoisotopic (exact) mass is 336 g/mol. The van der Waals surface area contributed by atoms with Gasteiger partial charge in [-0.2, -0.15) is 8.42 Å². The minimum Gasteiger partial charge on any atom is -0.478 e. The summed E-state index contributed by atoms with van der Waals surface area (Å²) in [6.07, 6.45) is -1.71. The van der Waals surface area contributed by atoms with E-state index in [-0.39, 0.29) is 16.3 Å². The lowest BCUT2D eigenvalue weighted by Crippen LogP contribution is -2.37. The number of hydrogen-bond acceptors (Lipinski definition) is 5. The zero-order valence-corrected chi connectivity index (χ0v) is 12.7. The predicted octanol–water partition coefficient (Wildman–Crippen LogP) is 1.83. The van der Waals surface area contributed by atoms with Gasteiger partial charge in [0.25, 0.3) is 0 Å². The van der Waals surface area contributed by atoms with Gasteiger partial charge in [-0.25, -0.2) is 14.3 Å². The number of rotatable bonds is 5. The lowest BCUT2D eigenvalue weighted by molar-refractivity contribution is 0.0698. The van der Waals surface area contributed by atoms with E-state index < -0.39 is 28.4 Å². The molecule has 21 heavy (non-hydrogen) atoms. The molecule has 0 aliphatic heterocycles. The van der Waals surface area contributed by atoms with Crippen molar-refractivity contribution in [2.45, 2.75) is 20.0 Å². The van der Waals surface area contributed by atoms with E-state index in [0.717, 1.165) is 0 Å². The summed E-state index contributed by atoms with van der Waals surface area (Å²) in [5.41, 5.74) is -0.707. The molecule has 8 nitrogen and oxygen atoms in total. The molecule has 0 radical (unpaired) electrons. The number of benzene rings is 1. The van der Waals surface area contributed by atoms with Crippen molar-refractivity contribution in [2.75, 3.05) is 4.72 Å². The van der Waals surface area contributed by atoms with Gasteiger partial charge in [0.2, 0.25) is 0 Å². The molecule has 1 aromatic rings. The fourth-order valence-corrected chi connectivity index (χ4v) is 2.40. The maximum Gasteiger partial charge on any atom is 0.422 e. The van der Waals surface area contributed by atoms with Crippen LogP contribution in [0.1, 0.15) is 24.2 Å². The van der Waals surface area contributed by atoms with Crippen LogP contribution >= 0.6 is 11.6 Å². The van der Waals surface area contributed by atoms with E-state index in [2.05, 4.69) is 4.74 Å². The highest BCUT2D eigenvalue weighted by Crippen LogP contribution is 2.26. The van der Waals surface area contributed by atoms with Crippen LogP contribution in [0.2, 0.25) is 5.02 Å². The molecule has 0 spiro atoms. The molecular formula is C11H13ClN2O6S. The topological polar surface area (TPSA) is 122 Å². The summed E-state index contributed by atoms with van der Waals surface area (Å²) >= 11 is 5.77. The van der Waals surface area contributed by atoms with Crippen LogP contribution in [0.25, 0.3) is 0 Å². The van der Waals surface area contributed by atoms with Gasteiger partial charge in [0, 0.05) is 0 Å². The summed E-state index contributed by atoms with van der Waals surface area (Å²) in [7, 11) is -4.38. The van der Waals surface area contributed by atoms with Gasteiger partial charge >= 0.3 is 22.3 Å². The number of hydrogen-bond donors (Lipinski definition) is 3. The average Bonchev–Trinajstić information content (AvgIpc) is 2.28. The second-order valence-corrected chi connectivity index (χ2v) is 5.95. The number of carboxylic acid groups (broad SMARTS) is 1. The molecule has 1 amide bonds. The normalized spacial score (nSPS) is 11.0. The third kappa shape index (κ3) is 5.12. The molecule has 0 unspecified atom stereocenters. The Labute approximate surface area is 126 Å². The Morgan fingerprint density at radius 3 is 2.48 bits per heavy atom. The van der Waals surface area contributed by atoms with E-state index in [1.165, 1.54) is 32.0 Å². The minimum absolute atomic E-state index is 0.127. The quantitative estimate of drug-likeness (QED) is 0.754. The van der Waals surface area contributed by atoms with Crippen molar-refractivity contribution >= 4 is 39.6 Å². The first-order chi connectivity index (χ1) is 9.62. The van der Waals surface area contributed by atoms with Gasteiger partial charge in [0.1, 0.15) is 0 Å². The summed E-state index contributed by atoms with van der Waals surface area (Å²) in [6, 6.07) is 3.82. The Bertz CT molecular complexity index is 659. The smallest absolute Gasteiger partial charge is 0.422 e. The van der Waals surface area contributed by atoms with Gasteiger partial charge in [-0.1, -0.05) is 17.7 Å². The fourth-order valence-electron chi connectivity index (χ4n) is 1.31. The molecule has 0 saturated carbocycles. The average molecular weight is 337 g/mol. The van der Waals surface area contributed by atoms with Crippen LogP contribution < -0.4 is 9.44 Å². The van der Waals surface area contributed by atoms with Crippen LogP contribution in [0.5, 0.6) is 0 Å². The molecule has 0 bridgehead atoms. The lowest BCUT2D eigenvalue weighted by Gasteiger charge is -2.13. The summed E-state index contributed by atoms with van der Waals surface area (Å²) in [5.74, 6) is -1.38. The molecule has 0 fully saturated rings. The number of nitrogens with one attached hydrogen (secondary N) is 2. The largest absolute Gasteiger partial charge is 0.478 e. The molecule has 10 heteroatoms. The van der Waals surface area contributed by atoms with Crippen molar-refractivity contribution < 1.29 is 27.9 Å². The molecule has 1 rings (SSSR count). The first-order valence-corrected chi connectivity index (χ1v) is 7.51. The Morgan fingerprint density at radius 2 is 1.95 bits per heavy atom. The maximum atomic E-state index is 11.7.